The van der Waals surface area contributed by atoms with Crippen LogP contribution in [0.25, 0.3) is 22.9 Å². The van der Waals surface area contributed by atoms with Crippen LogP contribution in [0.15, 0.2) is 97.1 Å². The zero-order valence-corrected chi connectivity index (χ0v) is 30.6. The summed E-state index contributed by atoms with van der Waals surface area (Å²) in [5.41, 5.74) is 23.7. The first-order chi connectivity index (χ1) is 24.6. The lowest BCUT2D eigenvalue weighted by atomic mass is 9.64. The predicted molar refractivity (Wildman–Crippen MR) is 213 cm³/mol. The number of fused-ring (bicyclic) bond motifs is 8. The normalized spacial score (nSPS) is 24.4. The van der Waals surface area contributed by atoms with E-state index >= 15 is 0 Å². The van der Waals surface area contributed by atoms with Gasteiger partial charge in [0.05, 0.1) is 15.1 Å². The number of carbonyl (C=O) groups excluding carboxylic acids is 1. The van der Waals surface area contributed by atoms with E-state index in [1.165, 1.54) is 49.7 Å². The van der Waals surface area contributed by atoms with Crippen LogP contribution >= 0.6 is 11.8 Å². The molecule has 258 valence electrons. The molecule has 5 aromatic rings. The average molecular weight is 691 g/mol. The van der Waals surface area contributed by atoms with Crippen molar-refractivity contribution in [1.29, 1.82) is 0 Å². The van der Waals surface area contributed by atoms with Gasteiger partial charge in [-0.15, -0.1) is 11.8 Å². The second-order valence-electron chi connectivity index (χ2n) is 16.1. The first-order valence-corrected chi connectivity index (χ1v) is 19.4. The highest BCUT2D eigenvalue weighted by Gasteiger charge is 2.73. The number of ether oxygens (including phenoxy) is 1. The minimum atomic E-state index is -0.364. The number of aryl methyl sites for hydroxylation is 1. The summed E-state index contributed by atoms with van der Waals surface area (Å²) in [5.74, 6) is 0.505. The highest BCUT2D eigenvalue weighted by molar-refractivity contribution is 8.08. The fourth-order valence-electron chi connectivity index (χ4n) is 9.88. The van der Waals surface area contributed by atoms with Crippen LogP contribution in [0, 0.1) is 11.8 Å². The summed E-state index contributed by atoms with van der Waals surface area (Å²) >= 11 is 2.00. The van der Waals surface area contributed by atoms with Crippen LogP contribution in [0.5, 0.6) is 0 Å². The molecule has 1 heterocycles. The smallest absolute Gasteiger partial charge is 0.338 e. The Kier molecular flexibility index (Phi) is 7.49. The SMILES string of the molecule is C[C@@H]1CC[C@@H](C(C)(C)c2ccc3ccccc3c2)[C@H](OC(=O)c2ccc3c(c2)[C@@]2(CCC3)SC23c2cc(N)ccc2C=Cc2ccc(N)cc23)C1. The molecule has 4 nitrogen and oxygen atoms in total. The lowest BCUT2D eigenvalue weighted by molar-refractivity contribution is -0.0236. The van der Waals surface area contributed by atoms with Gasteiger partial charge in [0.2, 0.25) is 0 Å². The molecule has 0 amide bonds. The van der Waals surface area contributed by atoms with Gasteiger partial charge in [-0.3, -0.25) is 0 Å². The van der Waals surface area contributed by atoms with Gasteiger partial charge in [-0.2, -0.15) is 0 Å². The summed E-state index contributed by atoms with van der Waals surface area (Å²) in [6.07, 6.45) is 10.4. The molecular formula is C46H46N2O2S. The third-order valence-corrected chi connectivity index (χ3v) is 14.7. The van der Waals surface area contributed by atoms with Crippen molar-refractivity contribution in [1.82, 2.24) is 0 Å². The fraction of sp³-hybridized carbons (Fsp3) is 0.326. The Morgan fingerprint density at radius 1 is 0.804 bits per heavy atom. The van der Waals surface area contributed by atoms with E-state index in [-0.39, 0.29) is 32.9 Å². The summed E-state index contributed by atoms with van der Waals surface area (Å²) in [4.78, 5) is 14.4. The van der Waals surface area contributed by atoms with Gasteiger partial charge in [0, 0.05) is 17.3 Å². The van der Waals surface area contributed by atoms with Crippen molar-refractivity contribution in [3.63, 3.8) is 0 Å². The number of esters is 1. The van der Waals surface area contributed by atoms with Crippen molar-refractivity contribution in [3.8, 4) is 0 Å². The molecule has 5 aromatic carbocycles. The molecule has 2 fully saturated rings. The molecule has 0 radical (unpaired) electrons. The maximum atomic E-state index is 14.4. The van der Waals surface area contributed by atoms with Gasteiger partial charge in [-0.05, 0) is 130 Å². The number of anilines is 2. The molecule has 4 N–H and O–H groups in total. The Hall–Kier alpha value is -4.48. The molecule has 0 unspecified atom stereocenters. The highest BCUT2D eigenvalue weighted by Crippen LogP contribution is 2.82. The van der Waals surface area contributed by atoms with E-state index in [1.54, 1.807) is 0 Å². The lowest BCUT2D eigenvalue weighted by Gasteiger charge is -2.44. The Bertz CT molecular complexity index is 2200. The van der Waals surface area contributed by atoms with Crippen LogP contribution in [0.2, 0.25) is 0 Å². The molecule has 1 saturated carbocycles. The maximum absolute atomic E-state index is 14.4. The predicted octanol–water partition coefficient (Wildman–Crippen LogP) is 10.6. The number of benzene rings is 5. The van der Waals surface area contributed by atoms with Gasteiger partial charge in [0.15, 0.2) is 0 Å². The van der Waals surface area contributed by atoms with Crippen molar-refractivity contribution in [3.05, 3.63) is 142 Å². The van der Waals surface area contributed by atoms with Gasteiger partial charge in [-0.25, -0.2) is 4.79 Å². The molecule has 1 saturated heterocycles. The molecule has 0 bridgehead atoms. The number of thioether (sulfide) groups is 1. The molecule has 4 atom stereocenters. The fourth-order valence-corrected chi connectivity index (χ4v) is 11.9. The largest absolute Gasteiger partial charge is 0.458 e. The second-order valence-corrected chi connectivity index (χ2v) is 17.6. The van der Waals surface area contributed by atoms with Crippen molar-refractivity contribution in [2.75, 3.05) is 11.5 Å². The van der Waals surface area contributed by atoms with E-state index in [4.69, 9.17) is 16.2 Å². The van der Waals surface area contributed by atoms with E-state index in [2.05, 4.69) is 112 Å². The minimum absolute atomic E-state index is 0.160. The first kappa shape index (κ1) is 32.4. The number of hydrogen-bond donors (Lipinski definition) is 2. The molecular weight excluding hydrogens is 645 g/mol. The van der Waals surface area contributed by atoms with Crippen molar-refractivity contribution in [2.24, 2.45) is 11.8 Å². The van der Waals surface area contributed by atoms with E-state index in [0.29, 0.717) is 11.5 Å². The van der Waals surface area contributed by atoms with Crippen LogP contribution in [0.3, 0.4) is 0 Å². The number of carbonyl (C=O) groups is 1. The van der Waals surface area contributed by atoms with Crippen molar-refractivity contribution < 1.29 is 9.53 Å². The third-order valence-electron chi connectivity index (χ3n) is 12.7. The molecule has 2 spiro atoms. The molecule has 3 aliphatic carbocycles. The molecule has 1 aliphatic heterocycles. The van der Waals surface area contributed by atoms with Gasteiger partial charge in [0.25, 0.3) is 0 Å². The molecule has 9 rings (SSSR count). The maximum Gasteiger partial charge on any atom is 0.338 e. The second kappa shape index (κ2) is 11.8. The van der Waals surface area contributed by atoms with Crippen LogP contribution in [-0.4, -0.2) is 12.1 Å². The molecule has 0 aromatic heterocycles. The Labute approximate surface area is 305 Å². The molecule has 5 heteroatoms. The summed E-state index contributed by atoms with van der Waals surface area (Å²) < 4.78 is 6.04. The van der Waals surface area contributed by atoms with Crippen molar-refractivity contribution >= 4 is 52.0 Å². The summed E-state index contributed by atoms with van der Waals surface area (Å²) in [5, 5.41) is 2.50. The van der Waals surface area contributed by atoms with Crippen LogP contribution in [-0.2, 0) is 26.1 Å². The number of hydrogen-bond acceptors (Lipinski definition) is 5. The van der Waals surface area contributed by atoms with Gasteiger partial charge in [-0.1, -0.05) is 100 Å². The summed E-state index contributed by atoms with van der Waals surface area (Å²) in [6.45, 7) is 6.97. The number of rotatable bonds is 4. The Morgan fingerprint density at radius 3 is 2.24 bits per heavy atom. The molecule has 51 heavy (non-hydrogen) atoms. The van der Waals surface area contributed by atoms with Crippen LogP contribution in [0.4, 0.5) is 11.4 Å². The Morgan fingerprint density at radius 2 is 1.51 bits per heavy atom. The third kappa shape index (κ3) is 5.06. The zero-order chi connectivity index (χ0) is 35.1. The topological polar surface area (TPSA) is 78.3 Å². The average Bonchev–Trinajstić information content (AvgIpc) is 3.82. The molecule has 4 aliphatic rings. The van der Waals surface area contributed by atoms with E-state index in [0.717, 1.165) is 49.9 Å². The first-order valence-electron chi connectivity index (χ1n) is 18.6. The minimum Gasteiger partial charge on any atom is -0.458 e. The Balaban J connectivity index is 1.08. The van der Waals surface area contributed by atoms with E-state index in [9.17, 15) is 4.79 Å². The zero-order valence-electron chi connectivity index (χ0n) is 29.7. The van der Waals surface area contributed by atoms with E-state index in [1.807, 2.05) is 30.0 Å². The monoisotopic (exact) mass is 690 g/mol. The quantitative estimate of drug-likeness (QED) is 0.111. The number of nitrogen functional groups attached to an aromatic ring is 2. The highest BCUT2D eigenvalue weighted by atomic mass is 32.2. The van der Waals surface area contributed by atoms with Crippen LogP contribution < -0.4 is 11.5 Å². The standard InChI is InChI=1S/C46H46N2O2S/c1-28-10-21-38(44(2,3)35-18-15-29-7-4-5-8-33(29)24-35)42(23-28)50-43(49)34-14-13-30-9-6-22-45(39(30)25-34)46(51-45)40-26-36(47)19-16-31(40)11-12-32-17-20-37(48)27-41(32)46/h4-5,7-8,11-20,24-28,38,42H,6,9-10,21-23,47-48H2,1-3H3/t28-,38-,42-,45-/m1/s1. The lowest BCUT2D eigenvalue weighted by Crippen LogP contribution is -2.43. The van der Waals surface area contributed by atoms with Crippen molar-refractivity contribution in [2.45, 2.75) is 80.3 Å². The van der Waals surface area contributed by atoms with Gasteiger partial charge < -0.3 is 16.2 Å². The summed E-state index contributed by atoms with van der Waals surface area (Å²) in [6, 6.07) is 34.3. The van der Waals surface area contributed by atoms with E-state index < -0.39 is 0 Å². The number of nitrogens with two attached hydrogens (primary N) is 2. The van der Waals surface area contributed by atoms with Gasteiger partial charge >= 0.3 is 5.97 Å². The van der Waals surface area contributed by atoms with Crippen LogP contribution in [0.1, 0.15) is 102 Å². The van der Waals surface area contributed by atoms with Gasteiger partial charge in [0.1, 0.15) is 6.10 Å². The summed E-state index contributed by atoms with van der Waals surface area (Å²) in [7, 11) is 0.